The molecule has 0 bridgehead atoms. The first-order chi connectivity index (χ1) is 5.93. The number of hydrogen-bond acceptors (Lipinski definition) is 1. The van der Waals surface area contributed by atoms with Gasteiger partial charge in [-0.05, 0) is 18.3 Å². The molecule has 1 aliphatic rings. The lowest BCUT2D eigenvalue weighted by atomic mass is 9.82. The first-order valence-corrected chi connectivity index (χ1v) is 4.57. The maximum Gasteiger partial charge on any atom is 0.392 e. The SMILES string of the molecule is CC(C)C(C1CCOC1)C(F)(F)F. The van der Waals surface area contributed by atoms with Gasteiger partial charge in [0, 0.05) is 6.61 Å². The van der Waals surface area contributed by atoms with Crippen molar-refractivity contribution in [3.63, 3.8) is 0 Å². The Kier molecular flexibility index (Phi) is 3.22. The number of hydrogen-bond donors (Lipinski definition) is 0. The molecule has 2 atom stereocenters. The Balaban J connectivity index is 2.67. The van der Waals surface area contributed by atoms with E-state index in [2.05, 4.69) is 0 Å². The van der Waals surface area contributed by atoms with Gasteiger partial charge in [0.1, 0.15) is 0 Å². The molecule has 1 heterocycles. The summed E-state index contributed by atoms with van der Waals surface area (Å²) in [6, 6.07) is 0. The predicted octanol–water partition coefficient (Wildman–Crippen LogP) is 2.86. The van der Waals surface area contributed by atoms with Crippen molar-refractivity contribution in [2.24, 2.45) is 17.8 Å². The molecule has 1 fully saturated rings. The molecule has 0 spiro atoms. The normalized spacial score (nSPS) is 26.8. The summed E-state index contributed by atoms with van der Waals surface area (Å²) in [7, 11) is 0. The molecule has 1 nitrogen and oxygen atoms in total. The highest BCUT2D eigenvalue weighted by atomic mass is 19.4. The van der Waals surface area contributed by atoms with E-state index in [1.807, 2.05) is 0 Å². The Hall–Kier alpha value is -0.250. The summed E-state index contributed by atoms with van der Waals surface area (Å²) in [5, 5.41) is 0. The maximum atomic E-state index is 12.6. The van der Waals surface area contributed by atoms with Crippen LogP contribution in [-0.4, -0.2) is 19.4 Å². The van der Waals surface area contributed by atoms with Crippen LogP contribution in [0.1, 0.15) is 20.3 Å². The molecule has 4 heteroatoms. The topological polar surface area (TPSA) is 9.23 Å². The lowest BCUT2D eigenvalue weighted by Crippen LogP contribution is -2.34. The van der Waals surface area contributed by atoms with Crippen molar-refractivity contribution in [3.8, 4) is 0 Å². The second kappa shape index (κ2) is 3.86. The average Bonchev–Trinajstić information content (AvgIpc) is 2.34. The van der Waals surface area contributed by atoms with E-state index in [1.54, 1.807) is 13.8 Å². The van der Waals surface area contributed by atoms with Crippen LogP contribution in [0.15, 0.2) is 0 Å². The minimum Gasteiger partial charge on any atom is -0.381 e. The van der Waals surface area contributed by atoms with E-state index < -0.39 is 12.1 Å². The first-order valence-electron chi connectivity index (χ1n) is 4.57. The Bertz CT molecular complexity index is 159. The molecule has 2 unspecified atom stereocenters. The van der Waals surface area contributed by atoms with Crippen LogP contribution in [-0.2, 0) is 4.74 Å². The Morgan fingerprint density at radius 2 is 1.92 bits per heavy atom. The van der Waals surface area contributed by atoms with E-state index in [0.29, 0.717) is 13.0 Å². The lowest BCUT2D eigenvalue weighted by Gasteiger charge is -2.28. The van der Waals surface area contributed by atoms with E-state index in [0.717, 1.165) is 0 Å². The molecule has 78 valence electrons. The van der Waals surface area contributed by atoms with E-state index in [1.165, 1.54) is 0 Å². The van der Waals surface area contributed by atoms with E-state index in [-0.39, 0.29) is 18.4 Å². The molecule has 0 amide bonds. The summed E-state index contributed by atoms with van der Waals surface area (Å²) in [5.41, 5.74) is 0. The zero-order valence-corrected chi connectivity index (χ0v) is 7.90. The molecular formula is C9H15F3O. The highest BCUT2D eigenvalue weighted by Crippen LogP contribution is 2.40. The average molecular weight is 196 g/mol. The minimum absolute atomic E-state index is 0.266. The van der Waals surface area contributed by atoms with E-state index in [4.69, 9.17) is 4.74 Å². The standard InChI is InChI=1S/C9H15F3O/c1-6(2)8(9(10,11)12)7-3-4-13-5-7/h6-8H,3-5H2,1-2H3. The number of rotatable bonds is 2. The zero-order valence-electron chi connectivity index (χ0n) is 7.90. The third kappa shape index (κ3) is 2.59. The van der Waals surface area contributed by atoms with Crippen LogP contribution >= 0.6 is 0 Å². The van der Waals surface area contributed by atoms with Crippen LogP contribution in [0.5, 0.6) is 0 Å². The Morgan fingerprint density at radius 1 is 1.31 bits per heavy atom. The molecule has 0 aromatic heterocycles. The predicted molar refractivity (Wildman–Crippen MR) is 43.3 cm³/mol. The molecule has 0 aliphatic carbocycles. The van der Waals surface area contributed by atoms with Gasteiger partial charge in [-0.25, -0.2) is 0 Å². The highest BCUT2D eigenvalue weighted by Gasteiger charge is 2.47. The molecule has 13 heavy (non-hydrogen) atoms. The van der Waals surface area contributed by atoms with E-state index in [9.17, 15) is 13.2 Å². The summed E-state index contributed by atoms with van der Waals surface area (Å²) in [6.07, 6.45) is -3.53. The van der Waals surface area contributed by atoms with Crippen molar-refractivity contribution < 1.29 is 17.9 Å². The molecule has 1 aliphatic heterocycles. The molecule has 0 aromatic rings. The number of halogens is 3. The fourth-order valence-corrected chi connectivity index (χ4v) is 2.03. The van der Waals surface area contributed by atoms with Gasteiger partial charge in [0.25, 0.3) is 0 Å². The van der Waals surface area contributed by atoms with Gasteiger partial charge in [0.05, 0.1) is 12.5 Å². The summed E-state index contributed by atoms with van der Waals surface area (Å²) >= 11 is 0. The van der Waals surface area contributed by atoms with Gasteiger partial charge in [-0.15, -0.1) is 0 Å². The second-order valence-corrected chi connectivity index (χ2v) is 3.94. The van der Waals surface area contributed by atoms with Crippen LogP contribution < -0.4 is 0 Å². The van der Waals surface area contributed by atoms with Crippen molar-refractivity contribution in [2.75, 3.05) is 13.2 Å². The fraction of sp³-hybridized carbons (Fsp3) is 1.00. The molecule has 0 saturated carbocycles. The maximum absolute atomic E-state index is 12.6. The van der Waals surface area contributed by atoms with Crippen LogP contribution in [0.4, 0.5) is 13.2 Å². The van der Waals surface area contributed by atoms with Crippen molar-refractivity contribution >= 4 is 0 Å². The third-order valence-electron chi connectivity index (χ3n) is 2.57. The molecular weight excluding hydrogens is 181 g/mol. The second-order valence-electron chi connectivity index (χ2n) is 3.94. The van der Waals surface area contributed by atoms with Gasteiger partial charge in [-0.1, -0.05) is 13.8 Å². The zero-order chi connectivity index (χ0) is 10.1. The number of alkyl halides is 3. The van der Waals surface area contributed by atoms with Gasteiger partial charge in [-0.2, -0.15) is 13.2 Å². The fourth-order valence-electron chi connectivity index (χ4n) is 2.03. The first kappa shape index (κ1) is 10.8. The van der Waals surface area contributed by atoms with Crippen molar-refractivity contribution in [2.45, 2.75) is 26.4 Å². The molecule has 1 rings (SSSR count). The quantitative estimate of drug-likeness (QED) is 0.659. The Labute approximate surface area is 76.3 Å². The molecule has 1 saturated heterocycles. The lowest BCUT2D eigenvalue weighted by molar-refractivity contribution is -0.200. The monoisotopic (exact) mass is 196 g/mol. The van der Waals surface area contributed by atoms with Crippen molar-refractivity contribution in [1.29, 1.82) is 0 Å². The van der Waals surface area contributed by atoms with E-state index >= 15 is 0 Å². The van der Waals surface area contributed by atoms with Crippen LogP contribution in [0.25, 0.3) is 0 Å². The molecule has 0 N–H and O–H groups in total. The van der Waals surface area contributed by atoms with Crippen molar-refractivity contribution in [1.82, 2.24) is 0 Å². The largest absolute Gasteiger partial charge is 0.392 e. The van der Waals surface area contributed by atoms with Gasteiger partial charge < -0.3 is 4.74 Å². The summed E-state index contributed by atoms with van der Waals surface area (Å²) in [5.74, 6) is -1.89. The smallest absolute Gasteiger partial charge is 0.381 e. The van der Waals surface area contributed by atoms with Gasteiger partial charge in [0.2, 0.25) is 0 Å². The van der Waals surface area contributed by atoms with Gasteiger partial charge >= 0.3 is 6.18 Å². The molecule has 0 aromatic carbocycles. The minimum atomic E-state index is -4.08. The third-order valence-corrected chi connectivity index (χ3v) is 2.57. The van der Waals surface area contributed by atoms with Crippen molar-refractivity contribution in [3.05, 3.63) is 0 Å². The van der Waals surface area contributed by atoms with Crippen LogP contribution in [0.2, 0.25) is 0 Å². The summed E-state index contributed by atoms with van der Waals surface area (Å²) in [6.45, 7) is 3.99. The summed E-state index contributed by atoms with van der Waals surface area (Å²) in [4.78, 5) is 0. The molecule has 0 radical (unpaired) electrons. The van der Waals surface area contributed by atoms with Crippen LogP contribution in [0, 0.1) is 17.8 Å². The highest BCUT2D eigenvalue weighted by molar-refractivity contribution is 4.81. The van der Waals surface area contributed by atoms with Gasteiger partial charge in [-0.3, -0.25) is 0 Å². The van der Waals surface area contributed by atoms with Gasteiger partial charge in [0.15, 0.2) is 0 Å². The summed E-state index contributed by atoms with van der Waals surface area (Å²) < 4.78 is 42.7. The number of ether oxygens (including phenoxy) is 1. The van der Waals surface area contributed by atoms with Crippen LogP contribution in [0.3, 0.4) is 0 Å². The Morgan fingerprint density at radius 3 is 2.23 bits per heavy atom.